The summed E-state index contributed by atoms with van der Waals surface area (Å²) in [4.78, 5) is 12.8. The highest BCUT2D eigenvalue weighted by Crippen LogP contribution is 2.25. The highest BCUT2D eigenvalue weighted by atomic mass is 32.2. The molecule has 168 valence electrons. The number of methoxy groups -OCH3 is 1. The number of primary sulfonamides is 1. The van der Waals surface area contributed by atoms with E-state index in [2.05, 4.69) is 5.32 Å². The molecule has 1 fully saturated rings. The van der Waals surface area contributed by atoms with Crippen molar-refractivity contribution >= 4 is 26.0 Å². The number of hydrogen-bond donors (Lipinski definition) is 2. The van der Waals surface area contributed by atoms with Gasteiger partial charge < -0.3 is 10.1 Å². The van der Waals surface area contributed by atoms with Gasteiger partial charge in [0.25, 0.3) is 0 Å². The molecule has 1 atom stereocenters. The number of sulfonamides is 2. The van der Waals surface area contributed by atoms with Gasteiger partial charge in [0.2, 0.25) is 26.0 Å². The minimum atomic E-state index is -3.77. The fourth-order valence-corrected chi connectivity index (χ4v) is 5.44. The summed E-state index contributed by atoms with van der Waals surface area (Å²) in [5.41, 5.74) is 0.708. The van der Waals surface area contributed by atoms with Gasteiger partial charge in [-0.15, -0.1) is 0 Å². The minimum Gasteiger partial charge on any atom is -0.497 e. The van der Waals surface area contributed by atoms with Crippen molar-refractivity contribution in [3.63, 3.8) is 0 Å². The number of carbonyl (C=O) groups excluding carboxylic acids is 1. The highest BCUT2D eigenvalue weighted by Gasteiger charge is 2.33. The molecular formula is C20H25N3O6S2. The maximum absolute atomic E-state index is 12.9. The van der Waals surface area contributed by atoms with E-state index >= 15 is 0 Å². The van der Waals surface area contributed by atoms with Crippen molar-refractivity contribution in [1.29, 1.82) is 0 Å². The predicted molar refractivity (Wildman–Crippen MR) is 114 cm³/mol. The summed E-state index contributed by atoms with van der Waals surface area (Å²) in [6.07, 6.45) is 1.17. The lowest BCUT2D eigenvalue weighted by atomic mass is 9.99. The van der Waals surface area contributed by atoms with Crippen LogP contribution in [0.25, 0.3) is 0 Å². The zero-order chi connectivity index (χ0) is 22.6. The lowest BCUT2D eigenvalue weighted by Gasteiger charge is -2.31. The summed E-state index contributed by atoms with van der Waals surface area (Å²) < 4.78 is 54.9. The van der Waals surface area contributed by atoms with Gasteiger partial charge in [0.05, 0.1) is 22.8 Å². The Morgan fingerprint density at radius 1 is 1.06 bits per heavy atom. The van der Waals surface area contributed by atoms with Gasteiger partial charge in [-0.3, -0.25) is 4.79 Å². The molecule has 31 heavy (non-hydrogen) atoms. The second-order valence-electron chi connectivity index (χ2n) is 7.28. The molecule has 1 aliphatic rings. The lowest BCUT2D eigenvalue weighted by Crippen LogP contribution is -2.45. The number of carbonyl (C=O) groups is 1. The Balaban J connectivity index is 1.62. The topological polar surface area (TPSA) is 136 Å². The molecule has 0 radical (unpaired) electrons. The molecule has 3 N–H and O–H groups in total. The summed E-state index contributed by atoms with van der Waals surface area (Å²) in [7, 11) is -5.98. The van der Waals surface area contributed by atoms with E-state index in [4.69, 9.17) is 9.88 Å². The average molecular weight is 468 g/mol. The Hall–Kier alpha value is -2.47. The minimum absolute atomic E-state index is 0.00534. The third kappa shape index (κ3) is 5.62. The van der Waals surface area contributed by atoms with E-state index in [9.17, 15) is 21.6 Å². The molecule has 1 heterocycles. The maximum atomic E-state index is 12.9. The Kier molecular flexibility index (Phi) is 6.99. The fraction of sp³-hybridized carbons (Fsp3) is 0.350. The third-order valence-electron chi connectivity index (χ3n) is 5.17. The van der Waals surface area contributed by atoms with Crippen molar-refractivity contribution in [3.05, 3.63) is 54.1 Å². The fourth-order valence-electron chi connectivity index (χ4n) is 3.40. The SMILES string of the molecule is COc1ccc(S(=O)(=O)N2CCCC(C(=O)NCc3ccc(S(N)(=O)=O)cc3)C2)cc1. The zero-order valence-electron chi connectivity index (χ0n) is 17.0. The van der Waals surface area contributed by atoms with Crippen LogP contribution in [0.2, 0.25) is 0 Å². The summed E-state index contributed by atoms with van der Waals surface area (Å²) in [5, 5.41) is 7.87. The largest absolute Gasteiger partial charge is 0.497 e. The van der Waals surface area contributed by atoms with Crippen LogP contribution in [0.5, 0.6) is 5.75 Å². The van der Waals surface area contributed by atoms with Crippen molar-refractivity contribution in [2.75, 3.05) is 20.2 Å². The zero-order valence-corrected chi connectivity index (χ0v) is 18.7. The van der Waals surface area contributed by atoms with Crippen molar-refractivity contribution in [3.8, 4) is 5.75 Å². The number of nitrogens with one attached hydrogen (secondary N) is 1. The number of rotatable bonds is 7. The smallest absolute Gasteiger partial charge is 0.243 e. The number of hydrogen-bond acceptors (Lipinski definition) is 6. The van der Waals surface area contributed by atoms with E-state index in [1.54, 1.807) is 24.3 Å². The number of benzene rings is 2. The van der Waals surface area contributed by atoms with Crippen LogP contribution in [0.3, 0.4) is 0 Å². The predicted octanol–water partition coefficient (Wildman–Crippen LogP) is 1.06. The van der Waals surface area contributed by atoms with E-state index in [1.807, 2.05) is 0 Å². The Bertz CT molecular complexity index is 1130. The van der Waals surface area contributed by atoms with E-state index in [1.165, 1.54) is 35.7 Å². The quantitative estimate of drug-likeness (QED) is 0.625. The molecule has 1 unspecified atom stereocenters. The Morgan fingerprint density at radius 3 is 2.26 bits per heavy atom. The van der Waals surface area contributed by atoms with E-state index < -0.39 is 26.0 Å². The lowest BCUT2D eigenvalue weighted by molar-refractivity contribution is -0.126. The summed E-state index contributed by atoms with van der Waals surface area (Å²) in [5.74, 6) is -0.150. The third-order valence-corrected chi connectivity index (χ3v) is 7.98. The van der Waals surface area contributed by atoms with Crippen molar-refractivity contribution in [2.24, 2.45) is 11.1 Å². The van der Waals surface area contributed by atoms with Crippen molar-refractivity contribution < 1.29 is 26.4 Å². The molecule has 0 saturated carbocycles. The highest BCUT2D eigenvalue weighted by molar-refractivity contribution is 7.89. The molecule has 3 rings (SSSR count). The van der Waals surface area contributed by atoms with Crippen molar-refractivity contribution in [2.45, 2.75) is 29.2 Å². The monoisotopic (exact) mass is 467 g/mol. The van der Waals surface area contributed by atoms with Crippen LogP contribution in [0.1, 0.15) is 18.4 Å². The van der Waals surface area contributed by atoms with E-state index in [-0.39, 0.29) is 28.8 Å². The van der Waals surface area contributed by atoms with Crippen LogP contribution in [-0.4, -0.2) is 47.2 Å². The number of piperidine rings is 1. The first-order valence-corrected chi connectivity index (χ1v) is 12.6. The molecule has 0 aromatic heterocycles. The molecule has 0 spiro atoms. The van der Waals surface area contributed by atoms with Gasteiger partial charge in [0.1, 0.15) is 5.75 Å². The van der Waals surface area contributed by atoms with Crippen LogP contribution >= 0.6 is 0 Å². The van der Waals surface area contributed by atoms with Gasteiger partial charge in [-0.25, -0.2) is 22.0 Å². The van der Waals surface area contributed by atoms with Crippen molar-refractivity contribution in [1.82, 2.24) is 9.62 Å². The van der Waals surface area contributed by atoms with Gasteiger partial charge in [-0.1, -0.05) is 12.1 Å². The first-order valence-electron chi connectivity index (χ1n) is 9.65. The molecule has 1 aliphatic heterocycles. The number of ether oxygens (including phenoxy) is 1. The second-order valence-corrected chi connectivity index (χ2v) is 10.8. The Morgan fingerprint density at radius 2 is 1.68 bits per heavy atom. The van der Waals surface area contributed by atoms with Crippen LogP contribution in [0.15, 0.2) is 58.3 Å². The molecule has 11 heteroatoms. The van der Waals surface area contributed by atoms with Gasteiger partial charge in [0.15, 0.2) is 0 Å². The Labute approximate surface area is 182 Å². The molecule has 0 aliphatic carbocycles. The summed E-state index contributed by atoms with van der Waals surface area (Å²) in [6, 6.07) is 12.0. The normalized spacial score (nSPS) is 17.8. The molecule has 2 aromatic carbocycles. The second kappa shape index (κ2) is 9.35. The van der Waals surface area contributed by atoms with Gasteiger partial charge in [0, 0.05) is 19.6 Å². The number of nitrogens with zero attached hydrogens (tertiary/aromatic N) is 1. The first kappa shape index (κ1) is 23.2. The van der Waals surface area contributed by atoms with Crippen LogP contribution in [0, 0.1) is 5.92 Å². The summed E-state index contributed by atoms with van der Waals surface area (Å²) in [6.45, 7) is 0.656. The van der Waals surface area contributed by atoms with Crippen LogP contribution in [0.4, 0.5) is 0 Å². The number of amides is 1. The molecule has 0 bridgehead atoms. The van der Waals surface area contributed by atoms with Crippen LogP contribution in [-0.2, 0) is 31.4 Å². The average Bonchev–Trinajstić information content (AvgIpc) is 2.77. The van der Waals surface area contributed by atoms with Crippen LogP contribution < -0.4 is 15.2 Å². The van der Waals surface area contributed by atoms with Gasteiger partial charge in [-0.05, 0) is 54.8 Å². The van der Waals surface area contributed by atoms with Gasteiger partial charge in [-0.2, -0.15) is 4.31 Å². The van der Waals surface area contributed by atoms with E-state index in [0.717, 1.165) is 0 Å². The first-order chi connectivity index (χ1) is 14.6. The maximum Gasteiger partial charge on any atom is 0.243 e. The van der Waals surface area contributed by atoms with Gasteiger partial charge >= 0.3 is 0 Å². The number of nitrogens with two attached hydrogens (primary N) is 1. The molecule has 1 amide bonds. The molecule has 9 nitrogen and oxygen atoms in total. The summed E-state index contributed by atoms with van der Waals surface area (Å²) >= 11 is 0. The molecule has 1 saturated heterocycles. The molecular weight excluding hydrogens is 442 g/mol. The standard InChI is InChI=1S/C20H25N3O6S2/c1-29-17-6-10-19(11-7-17)31(27,28)23-12-2-3-16(14-23)20(24)22-13-15-4-8-18(9-5-15)30(21,25)26/h4-11,16H,2-3,12-14H2,1H3,(H,22,24)(H2,21,25,26). The molecule has 2 aromatic rings. The van der Waals surface area contributed by atoms with E-state index in [0.29, 0.717) is 30.7 Å².